The van der Waals surface area contributed by atoms with Gasteiger partial charge in [-0.05, 0) is 31.2 Å². The van der Waals surface area contributed by atoms with Crippen LogP contribution in [0.2, 0.25) is 10.0 Å². The van der Waals surface area contributed by atoms with E-state index in [1.54, 1.807) is 43.3 Å². The second-order valence-corrected chi connectivity index (χ2v) is 6.39. The molecule has 0 atom stereocenters. The van der Waals surface area contributed by atoms with E-state index in [4.69, 9.17) is 37.2 Å². The Balaban J connectivity index is 2.04. The molecule has 1 heterocycles. The minimum Gasteiger partial charge on any atom is -0.497 e. The van der Waals surface area contributed by atoms with Gasteiger partial charge in [-0.2, -0.15) is 0 Å². The summed E-state index contributed by atoms with van der Waals surface area (Å²) >= 11 is 12.5. The molecule has 2 aromatic carbocycles. The molecule has 1 aromatic heterocycles. The van der Waals surface area contributed by atoms with Crippen molar-refractivity contribution in [3.8, 4) is 22.8 Å². The fourth-order valence-corrected chi connectivity index (χ4v) is 3.21. The number of hydrogen-bond acceptors (Lipinski definition) is 5. The third kappa shape index (κ3) is 3.72. The van der Waals surface area contributed by atoms with Gasteiger partial charge in [0.15, 0.2) is 0 Å². The second kappa shape index (κ2) is 7.90. The minimum atomic E-state index is -0.439. The number of carbonyl (C=O) groups is 1. The van der Waals surface area contributed by atoms with Crippen molar-refractivity contribution in [2.75, 3.05) is 19.5 Å². The number of methoxy groups -OCH3 is 2. The van der Waals surface area contributed by atoms with Crippen LogP contribution in [0.5, 0.6) is 11.5 Å². The van der Waals surface area contributed by atoms with Crippen molar-refractivity contribution in [3.63, 3.8) is 0 Å². The number of nitrogens with zero attached hydrogens (tertiary/aromatic N) is 1. The van der Waals surface area contributed by atoms with Crippen molar-refractivity contribution < 1.29 is 18.8 Å². The van der Waals surface area contributed by atoms with Crippen LogP contribution in [0.1, 0.15) is 16.1 Å². The zero-order valence-corrected chi connectivity index (χ0v) is 16.3. The summed E-state index contributed by atoms with van der Waals surface area (Å²) in [6.45, 7) is 1.64. The number of carbonyl (C=O) groups excluding carboxylic acids is 1. The Kier molecular flexibility index (Phi) is 5.58. The number of anilines is 1. The quantitative estimate of drug-likeness (QED) is 0.627. The summed E-state index contributed by atoms with van der Waals surface area (Å²) in [5.74, 6) is 0.949. The van der Waals surface area contributed by atoms with Gasteiger partial charge in [0, 0.05) is 11.6 Å². The smallest absolute Gasteiger partial charge is 0.261 e. The molecule has 6 nitrogen and oxygen atoms in total. The van der Waals surface area contributed by atoms with E-state index in [9.17, 15) is 4.79 Å². The van der Waals surface area contributed by atoms with Crippen molar-refractivity contribution in [1.82, 2.24) is 5.16 Å². The Labute approximate surface area is 166 Å². The summed E-state index contributed by atoms with van der Waals surface area (Å²) in [4.78, 5) is 13.0. The Bertz CT molecular complexity index is 981. The maximum Gasteiger partial charge on any atom is 0.261 e. The van der Waals surface area contributed by atoms with E-state index in [1.165, 1.54) is 14.2 Å². The number of amides is 1. The number of ether oxygens (including phenoxy) is 2. The van der Waals surface area contributed by atoms with Crippen molar-refractivity contribution in [3.05, 3.63) is 57.8 Å². The predicted octanol–water partition coefficient (Wildman–Crippen LogP) is 5.23. The molecular weight excluding hydrogens is 391 g/mol. The molecule has 8 heteroatoms. The van der Waals surface area contributed by atoms with Crippen molar-refractivity contribution in [1.29, 1.82) is 0 Å². The third-order valence-corrected chi connectivity index (χ3v) is 4.57. The van der Waals surface area contributed by atoms with Crippen molar-refractivity contribution in [2.45, 2.75) is 6.92 Å². The van der Waals surface area contributed by atoms with E-state index < -0.39 is 5.91 Å². The van der Waals surface area contributed by atoms with E-state index >= 15 is 0 Å². The van der Waals surface area contributed by atoms with Gasteiger partial charge in [0.2, 0.25) is 0 Å². The van der Waals surface area contributed by atoms with Gasteiger partial charge >= 0.3 is 0 Å². The first-order chi connectivity index (χ1) is 13.0. The summed E-state index contributed by atoms with van der Waals surface area (Å²) < 4.78 is 15.7. The number of nitrogens with one attached hydrogen (secondary N) is 1. The number of aromatic nitrogens is 1. The van der Waals surface area contributed by atoms with E-state index in [0.717, 1.165) is 0 Å². The first-order valence-electron chi connectivity index (χ1n) is 7.90. The van der Waals surface area contributed by atoms with E-state index in [2.05, 4.69) is 10.5 Å². The molecule has 0 aliphatic heterocycles. The van der Waals surface area contributed by atoms with Crippen LogP contribution in [0.3, 0.4) is 0 Å². The second-order valence-electron chi connectivity index (χ2n) is 5.58. The molecule has 0 unspecified atom stereocenters. The van der Waals surface area contributed by atoms with Gasteiger partial charge in [-0.25, -0.2) is 0 Å². The molecule has 0 aliphatic rings. The average Bonchev–Trinajstić information content (AvgIpc) is 3.02. The van der Waals surface area contributed by atoms with E-state index in [1.807, 2.05) is 0 Å². The van der Waals surface area contributed by atoms with Crippen LogP contribution in [0.4, 0.5) is 5.69 Å². The normalized spacial score (nSPS) is 10.6. The molecule has 0 bridgehead atoms. The Morgan fingerprint density at radius 3 is 2.44 bits per heavy atom. The molecule has 0 saturated heterocycles. The van der Waals surface area contributed by atoms with Crippen molar-refractivity contribution >= 4 is 34.8 Å². The maximum atomic E-state index is 13.0. The number of aryl methyl sites for hydroxylation is 1. The van der Waals surface area contributed by atoms with Gasteiger partial charge in [0.05, 0.1) is 30.0 Å². The van der Waals surface area contributed by atoms with Crippen LogP contribution in [0.25, 0.3) is 11.3 Å². The SMILES string of the molecule is COc1ccc(OC)c(NC(=O)c2c(-c3c(Cl)cccc3Cl)noc2C)c1. The van der Waals surface area contributed by atoms with E-state index in [0.29, 0.717) is 38.6 Å². The van der Waals surface area contributed by atoms with Crippen LogP contribution in [0, 0.1) is 6.92 Å². The van der Waals surface area contributed by atoms with Crippen LogP contribution >= 0.6 is 23.2 Å². The van der Waals surface area contributed by atoms with Crippen LogP contribution in [-0.2, 0) is 0 Å². The van der Waals surface area contributed by atoms with Gasteiger partial charge in [0.1, 0.15) is 28.5 Å². The Hall–Kier alpha value is -2.70. The zero-order chi connectivity index (χ0) is 19.6. The highest BCUT2D eigenvalue weighted by Gasteiger charge is 2.25. The van der Waals surface area contributed by atoms with Gasteiger partial charge in [-0.3, -0.25) is 4.79 Å². The number of halogens is 2. The largest absolute Gasteiger partial charge is 0.497 e. The molecule has 1 amide bonds. The highest BCUT2D eigenvalue weighted by molar-refractivity contribution is 6.39. The lowest BCUT2D eigenvalue weighted by atomic mass is 10.1. The van der Waals surface area contributed by atoms with Gasteiger partial charge in [0.25, 0.3) is 5.91 Å². The van der Waals surface area contributed by atoms with Crippen molar-refractivity contribution in [2.24, 2.45) is 0 Å². The number of hydrogen-bond donors (Lipinski definition) is 1. The summed E-state index contributed by atoms with van der Waals surface area (Å²) in [6, 6.07) is 10.1. The molecule has 3 aromatic rings. The number of rotatable bonds is 5. The minimum absolute atomic E-state index is 0.231. The molecule has 140 valence electrons. The molecule has 1 N–H and O–H groups in total. The molecule has 0 saturated carbocycles. The topological polar surface area (TPSA) is 73.6 Å². The third-order valence-electron chi connectivity index (χ3n) is 3.94. The van der Waals surface area contributed by atoms with Crippen LogP contribution in [-0.4, -0.2) is 25.3 Å². The van der Waals surface area contributed by atoms with Crippen LogP contribution < -0.4 is 14.8 Å². The lowest BCUT2D eigenvalue weighted by molar-refractivity contribution is 0.102. The number of benzene rings is 2. The fraction of sp³-hybridized carbons (Fsp3) is 0.158. The molecule has 3 rings (SSSR count). The average molecular weight is 407 g/mol. The summed E-state index contributed by atoms with van der Waals surface area (Å²) in [5, 5.41) is 7.51. The molecule has 0 radical (unpaired) electrons. The molecule has 0 fully saturated rings. The Morgan fingerprint density at radius 2 is 1.81 bits per heavy atom. The molecule has 0 aliphatic carbocycles. The standard InChI is InChI=1S/C19H16Cl2N2O4/c1-10-16(18(23-27-10)17-12(20)5-4-6-13(17)21)19(24)22-14-9-11(25-2)7-8-15(14)26-3/h4-9H,1-3H3,(H,22,24). The van der Waals surface area contributed by atoms with Gasteiger partial charge < -0.3 is 19.3 Å². The summed E-state index contributed by atoms with van der Waals surface area (Å²) in [6.07, 6.45) is 0. The van der Waals surface area contributed by atoms with Gasteiger partial charge in [-0.15, -0.1) is 0 Å². The highest BCUT2D eigenvalue weighted by atomic mass is 35.5. The zero-order valence-electron chi connectivity index (χ0n) is 14.8. The summed E-state index contributed by atoms with van der Waals surface area (Å²) in [7, 11) is 3.05. The molecular formula is C19H16Cl2N2O4. The molecule has 0 spiro atoms. The highest BCUT2D eigenvalue weighted by Crippen LogP contribution is 2.37. The van der Waals surface area contributed by atoms with Gasteiger partial charge in [-0.1, -0.05) is 34.4 Å². The maximum absolute atomic E-state index is 13.0. The fourth-order valence-electron chi connectivity index (χ4n) is 2.63. The lowest BCUT2D eigenvalue weighted by Crippen LogP contribution is -2.14. The first-order valence-corrected chi connectivity index (χ1v) is 8.66. The summed E-state index contributed by atoms with van der Waals surface area (Å²) in [5.41, 5.74) is 1.37. The Morgan fingerprint density at radius 1 is 1.11 bits per heavy atom. The molecule has 27 heavy (non-hydrogen) atoms. The first kappa shape index (κ1) is 19.1. The predicted molar refractivity (Wildman–Crippen MR) is 104 cm³/mol. The monoisotopic (exact) mass is 406 g/mol. The lowest BCUT2D eigenvalue weighted by Gasteiger charge is -2.12. The van der Waals surface area contributed by atoms with Crippen LogP contribution in [0.15, 0.2) is 40.9 Å². The van der Waals surface area contributed by atoms with E-state index in [-0.39, 0.29) is 11.3 Å².